The number of rotatable bonds is 3. The van der Waals surface area contributed by atoms with Gasteiger partial charge in [-0.2, -0.15) is 4.18 Å². The van der Waals surface area contributed by atoms with Crippen LogP contribution in [0, 0.1) is 0 Å². The molecular formula is C6H15INOS+. The Morgan fingerprint density at radius 2 is 1.70 bits per heavy atom. The van der Waals surface area contributed by atoms with Gasteiger partial charge in [-0.05, 0) is 50.3 Å². The molecule has 4 heteroatoms. The largest absolute Gasteiger partial charge is 0.300 e. The van der Waals surface area contributed by atoms with Gasteiger partial charge < -0.3 is 0 Å². The highest BCUT2D eigenvalue weighted by molar-refractivity contribution is 14.1. The van der Waals surface area contributed by atoms with E-state index in [0.717, 1.165) is 12.0 Å². The molecule has 0 unspecified atom stereocenters. The monoisotopic (exact) mass is 276 g/mol. The third kappa shape index (κ3) is 9.00. The van der Waals surface area contributed by atoms with Crippen LogP contribution in [0.3, 0.4) is 0 Å². The molecular weight excluding hydrogens is 261 g/mol. The lowest BCUT2D eigenvalue weighted by atomic mass is 10.4. The van der Waals surface area contributed by atoms with Crippen LogP contribution in [-0.2, 0) is 16.2 Å². The maximum atomic E-state index is 5.61. The minimum atomic E-state index is -0.510. The average Bonchev–Trinajstić information content (AvgIpc) is 1.57. The van der Waals surface area contributed by atoms with Crippen molar-refractivity contribution in [3.05, 3.63) is 0 Å². The molecule has 0 saturated heterocycles. The third-order valence-electron chi connectivity index (χ3n) is 0.498. The lowest BCUT2D eigenvalue weighted by Gasteiger charge is -2.15. The van der Waals surface area contributed by atoms with Gasteiger partial charge in [-0.1, -0.05) is 0 Å². The Morgan fingerprint density at radius 3 is 1.80 bits per heavy atom. The van der Waals surface area contributed by atoms with Crippen LogP contribution < -0.4 is 5.73 Å². The third-order valence-corrected chi connectivity index (χ3v) is 2.08. The number of hydrogen-bond donors (Lipinski definition) is 1. The molecule has 0 bridgehead atoms. The Hall–Kier alpha value is 1.00. The predicted octanol–water partition coefficient (Wildman–Crippen LogP) is 1.60. The smallest absolute Gasteiger partial charge is 0.201 e. The van der Waals surface area contributed by atoms with E-state index in [0.29, 0.717) is 0 Å². The summed E-state index contributed by atoms with van der Waals surface area (Å²) in [5.74, 6) is 0. The molecule has 0 spiro atoms. The van der Waals surface area contributed by atoms with E-state index < -0.39 is 5.72 Å². The molecule has 0 aromatic heterocycles. The number of thiol groups is 1. The molecule has 0 saturated carbocycles. The van der Waals surface area contributed by atoms with Crippen molar-refractivity contribution in [1.29, 1.82) is 0 Å². The molecule has 0 aliphatic carbocycles. The lowest BCUT2D eigenvalue weighted by molar-refractivity contribution is 0.146. The van der Waals surface area contributed by atoms with E-state index in [9.17, 15) is 0 Å². The predicted molar refractivity (Wildman–Crippen MR) is 56.2 cm³/mol. The SMILES string of the molecule is CC(C)(N)O[SH+]C(C)(C)I. The van der Waals surface area contributed by atoms with E-state index in [4.69, 9.17) is 9.92 Å². The molecule has 0 aromatic rings. The molecule has 0 heterocycles. The van der Waals surface area contributed by atoms with Gasteiger partial charge in [0.2, 0.25) is 2.75 Å². The molecule has 0 amide bonds. The summed E-state index contributed by atoms with van der Waals surface area (Å²) in [5.41, 5.74) is 5.10. The zero-order valence-electron chi connectivity index (χ0n) is 6.81. The summed E-state index contributed by atoms with van der Waals surface area (Å²) >= 11 is 3.25. The first-order chi connectivity index (χ1) is 4.21. The Labute approximate surface area is 80.6 Å². The van der Waals surface area contributed by atoms with Gasteiger partial charge in [0.25, 0.3) is 0 Å². The summed E-state index contributed by atoms with van der Waals surface area (Å²) in [7, 11) is 0. The van der Waals surface area contributed by atoms with Crippen LogP contribution in [0.5, 0.6) is 0 Å². The first-order valence-corrected chi connectivity index (χ1v) is 4.98. The van der Waals surface area contributed by atoms with Crippen molar-refractivity contribution in [3.63, 3.8) is 0 Å². The van der Waals surface area contributed by atoms with E-state index in [1.807, 2.05) is 13.8 Å². The second-order valence-electron chi connectivity index (χ2n) is 3.20. The number of nitrogens with two attached hydrogens (primary N) is 1. The maximum Gasteiger partial charge on any atom is 0.201 e. The van der Waals surface area contributed by atoms with E-state index in [1.54, 1.807) is 0 Å². The second-order valence-corrected chi connectivity index (χ2v) is 8.23. The second kappa shape index (κ2) is 3.60. The van der Waals surface area contributed by atoms with Gasteiger partial charge in [-0.3, -0.25) is 5.73 Å². The topological polar surface area (TPSA) is 35.2 Å². The number of halogens is 1. The van der Waals surface area contributed by atoms with Gasteiger partial charge >= 0.3 is 0 Å². The quantitative estimate of drug-likeness (QED) is 0.279. The first-order valence-electron chi connectivity index (χ1n) is 3.09. The van der Waals surface area contributed by atoms with Gasteiger partial charge in [0.1, 0.15) is 0 Å². The van der Waals surface area contributed by atoms with E-state index in [1.165, 1.54) is 0 Å². The van der Waals surface area contributed by atoms with E-state index in [-0.39, 0.29) is 2.75 Å². The molecule has 0 fully saturated rings. The normalized spacial score (nSPS) is 13.8. The Morgan fingerprint density at radius 1 is 1.30 bits per heavy atom. The van der Waals surface area contributed by atoms with Crippen molar-refractivity contribution in [2.45, 2.75) is 36.2 Å². The van der Waals surface area contributed by atoms with Gasteiger partial charge in [0.15, 0.2) is 17.8 Å². The number of alkyl halides is 1. The van der Waals surface area contributed by atoms with Crippen molar-refractivity contribution in [3.8, 4) is 0 Å². The van der Waals surface area contributed by atoms with Crippen molar-refractivity contribution in [2.75, 3.05) is 0 Å². The molecule has 0 rings (SSSR count). The van der Waals surface area contributed by atoms with Crippen LogP contribution in [0.4, 0.5) is 0 Å². The summed E-state index contributed by atoms with van der Waals surface area (Å²) in [5, 5.41) is 0. The molecule has 2 N–H and O–H groups in total. The van der Waals surface area contributed by atoms with E-state index in [2.05, 4.69) is 36.4 Å². The minimum absolute atomic E-state index is 0.147. The molecule has 0 aliphatic heterocycles. The fraction of sp³-hybridized carbons (Fsp3) is 1.00. The molecule has 0 atom stereocenters. The Balaban J connectivity index is 3.56. The fourth-order valence-electron chi connectivity index (χ4n) is 0.226. The van der Waals surface area contributed by atoms with Gasteiger partial charge in [0, 0.05) is 0 Å². The van der Waals surface area contributed by atoms with Gasteiger partial charge in [0.05, 0.1) is 0 Å². The molecule has 0 radical (unpaired) electrons. The fourth-order valence-corrected chi connectivity index (χ4v) is 0.974. The molecule has 2 nitrogen and oxygen atoms in total. The maximum absolute atomic E-state index is 5.61. The van der Waals surface area contributed by atoms with Crippen molar-refractivity contribution < 1.29 is 4.18 Å². The van der Waals surface area contributed by atoms with Crippen LogP contribution in [-0.4, -0.2) is 8.48 Å². The number of hydrogen-bond acceptors (Lipinski definition) is 2. The van der Waals surface area contributed by atoms with Crippen LogP contribution in [0.2, 0.25) is 0 Å². The van der Waals surface area contributed by atoms with Crippen molar-refractivity contribution >= 4 is 34.6 Å². The molecule has 10 heavy (non-hydrogen) atoms. The summed E-state index contributed by atoms with van der Waals surface area (Å²) in [6, 6.07) is 0. The highest BCUT2D eigenvalue weighted by Crippen LogP contribution is 2.21. The van der Waals surface area contributed by atoms with Crippen molar-refractivity contribution in [1.82, 2.24) is 0 Å². The van der Waals surface area contributed by atoms with Crippen LogP contribution in [0.25, 0.3) is 0 Å². The Bertz CT molecular complexity index is 91.3. The molecule has 0 aromatic carbocycles. The zero-order valence-corrected chi connectivity index (χ0v) is 9.86. The highest BCUT2D eigenvalue weighted by Gasteiger charge is 2.28. The van der Waals surface area contributed by atoms with Crippen LogP contribution in [0.15, 0.2) is 0 Å². The molecule has 0 aliphatic rings. The lowest BCUT2D eigenvalue weighted by Crippen LogP contribution is -2.37. The highest BCUT2D eigenvalue weighted by atomic mass is 127. The zero-order chi connectivity index (χ0) is 8.41. The van der Waals surface area contributed by atoms with Crippen LogP contribution in [0.1, 0.15) is 27.7 Å². The molecule has 62 valence electrons. The van der Waals surface area contributed by atoms with Gasteiger partial charge in [-0.25, -0.2) is 0 Å². The van der Waals surface area contributed by atoms with Crippen molar-refractivity contribution in [2.24, 2.45) is 5.73 Å². The van der Waals surface area contributed by atoms with Crippen LogP contribution >= 0.6 is 22.6 Å². The van der Waals surface area contributed by atoms with E-state index >= 15 is 0 Å². The summed E-state index contributed by atoms with van der Waals surface area (Å²) < 4.78 is 5.48. The minimum Gasteiger partial charge on any atom is -0.300 e. The first kappa shape index (κ1) is 11.0. The summed E-state index contributed by atoms with van der Waals surface area (Å²) in [6.07, 6.45) is 0. The summed E-state index contributed by atoms with van der Waals surface area (Å²) in [4.78, 5) is 0. The average molecular weight is 276 g/mol. The van der Waals surface area contributed by atoms with Gasteiger partial charge in [-0.15, -0.1) is 0 Å². The Kier molecular flexibility index (Phi) is 3.96. The standard InChI is InChI=1S/C6H14INOS/c1-5(2,7)10-9-6(3,4)8/h8H2,1-4H3/p+1. The summed E-state index contributed by atoms with van der Waals surface area (Å²) in [6.45, 7) is 7.90.